The molecule has 8 nitrogen and oxygen atoms in total. The summed E-state index contributed by atoms with van der Waals surface area (Å²) < 4.78 is 4.69. The third-order valence-corrected chi connectivity index (χ3v) is 1.84. The van der Waals surface area contributed by atoms with Crippen molar-refractivity contribution in [2.24, 2.45) is 0 Å². The molecule has 0 unspecified atom stereocenters. The van der Waals surface area contributed by atoms with Gasteiger partial charge in [-0.2, -0.15) is 5.10 Å². The number of hydrogen-bond acceptors (Lipinski definition) is 5. The van der Waals surface area contributed by atoms with Crippen molar-refractivity contribution in [1.82, 2.24) is 15.5 Å². The summed E-state index contributed by atoms with van der Waals surface area (Å²) in [5.41, 5.74) is -0.358. The van der Waals surface area contributed by atoms with Crippen molar-refractivity contribution in [2.45, 2.75) is 13.3 Å². The molecule has 3 N–H and O–H groups in total. The Bertz CT molecular complexity index is 451. The topological polar surface area (TPSA) is 113 Å². The standard InChI is InChI=1S/C10H14N4O4/c1-2-18-9(16)5-6-11-10(17)12-7-3-4-8(15)14-13-7/h3-4H,2,5-6H2,1H3,(H,14,15)(H2,11,12,13,17). The summed E-state index contributed by atoms with van der Waals surface area (Å²) in [5.74, 6) is -0.164. The van der Waals surface area contributed by atoms with Gasteiger partial charge in [0.2, 0.25) is 0 Å². The number of ether oxygens (including phenoxy) is 1. The van der Waals surface area contributed by atoms with E-state index in [1.54, 1.807) is 6.92 Å². The molecule has 0 radical (unpaired) electrons. The number of anilines is 1. The molecule has 18 heavy (non-hydrogen) atoms. The van der Waals surface area contributed by atoms with E-state index in [1.807, 2.05) is 0 Å². The summed E-state index contributed by atoms with van der Waals surface area (Å²) in [5, 5.41) is 10.6. The summed E-state index contributed by atoms with van der Waals surface area (Å²) in [6.07, 6.45) is 0.0975. The first-order valence-electron chi connectivity index (χ1n) is 5.38. The highest BCUT2D eigenvalue weighted by Gasteiger charge is 2.05. The maximum Gasteiger partial charge on any atom is 0.320 e. The van der Waals surface area contributed by atoms with E-state index < -0.39 is 6.03 Å². The van der Waals surface area contributed by atoms with Crippen LogP contribution < -0.4 is 16.2 Å². The van der Waals surface area contributed by atoms with Gasteiger partial charge in [-0.05, 0) is 13.0 Å². The summed E-state index contributed by atoms with van der Waals surface area (Å²) >= 11 is 0. The van der Waals surface area contributed by atoms with Gasteiger partial charge in [0.05, 0.1) is 13.0 Å². The molecule has 0 atom stereocenters. The number of carbonyl (C=O) groups is 2. The lowest BCUT2D eigenvalue weighted by atomic mass is 10.4. The van der Waals surface area contributed by atoms with Crippen LogP contribution in [0.3, 0.4) is 0 Å². The Balaban J connectivity index is 2.27. The lowest BCUT2D eigenvalue weighted by Gasteiger charge is -2.06. The first kappa shape index (κ1) is 13.7. The van der Waals surface area contributed by atoms with Gasteiger partial charge in [-0.3, -0.25) is 14.9 Å². The van der Waals surface area contributed by atoms with Crippen LogP contribution in [0.25, 0.3) is 0 Å². The van der Waals surface area contributed by atoms with Crippen molar-refractivity contribution in [3.8, 4) is 0 Å². The second-order valence-corrected chi connectivity index (χ2v) is 3.24. The Morgan fingerprint density at radius 3 is 2.83 bits per heavy atom. The highest BCUT2D eigenvalue weighted by atomic mass is 16.5. The molecule has 0 aliphatic heterocycles. The van der Waals surface area contributed by atoms with Crippen LogP contribution in [-0.2, 0) is 9.53 Å². The van der Waals surface area contributed by atoms with Crippen LogP contribution in [0.5, 0.6) is 0 Å². The molecule has 8 heteroatoms. The summed E-state index contributed by atoms with van der Waals surface area (Å²) in [7, 11) is 0. The molecule has 0 aromatic carbocycles. The number of hydrogen-bond donors (Lipinski definition) is 3. The molecule has 2 amide bonds. The van der Waals surface area contributed by atoms with Crippen LogP contribution in [0.15, 0.2) is 16.9 Å². The van der Waals surface area contributed by atoms with Gasteiger partial charge in [0.1, 0.15) is 0 Å². The number of amides is 2. The van der Waals surface area contributed by atoms with Gasteiger partial charge >= 0.3 is 12.0 Å². The average molecular weight is 254 g/mol. The zero-order chi connectivity index (χ0) is 13.4. The smallest absolute Gasteiger partial charge is 0.320 e. The minimum absolute atomic E-state index is 0.0975. The average Bonchev–Trinajstić information content (AvgIpc) is 2.32. The van der Waals surface area contributed by atoms with E-state index in [-0.39, 0.29) is 30.3 Å². The highest BCUT2D eigenvalue weighted by Crippen LogP contribution is 1.95. The fourth-order valence-electron chi connectivity index (χ4n) is 1.09. The zero-order valence-corrected chi connectivity index (χ0v) is 9.86. The van der Waals surface area contributed by atoms with Crippen molar-refractivity contribution < 1.29 is 14.3 Å². The molecule has 1 aromatic rings. The number of urea groups is 1. The monoisotopic (exact) mass is 254 g/mol. The molecule has 0 saturated heterocycles. The number of carbonyl (C=O) groups excluding carboxylic acids is 2. The number of aromatic amines is 1. The molecule has 1 heterocycles. The SMILES string of the molecule is CCOC(=O)CCNC(=O)Nc1ccc(=O)[nH]n1. The van der Waals surface area contributed by atoms with Gasteiger partial charge in [0.25, 0.3) is 5.56 Å². The zero-order valence-electron chi connectivity index (χ0n) is 9.86. The number of nitrogens with zero attached hydrogens (tertiary/aromatic N) is 1. The van der Waals surface area contributed by atoms with E-state index in [0.717, 1.165) is 0 Å². The summed E-state index contributed by atoms with van der Waals surface area (Å²) in [4.78, 5) is 33.0. The number of rotatable bonds is 5. The van der Waals surface area contributed by atoms with Crippen LogP contribution in [0.4, 0.5) is 10.6 Å². The van der Waals surface area contributed by atoms with Crippen LogP contribution in [0, 0.1) is 0 Å². The molecule has 0 aliphatic rings. The molecule has 0 aliphatic carbocycles. The Labute approximate surface area is 103 Å². The fourth-order valence-corrected chi connectivity index (χ4v) is 1.09. The van der Waals surface area contributed by atoms with Gasteiger partial charge in [0.15, 0.2) is 5.82 Å². The first-order chi connectivity index (χ1) is 8.61. The Hall–Kier alpha value is -2.38. The van der Waals surface area contributed by atoms with E-state index >= 15 is 0 Å². The lowest BCUT2D eigenvalue weighted by molar-refractivity contribution is -0.142. The van der Waals surface area contributed by atoms with Gasteiger partial charge in [-0.15, -0.1) is 0 Å². The van der Waals surface area contributed by atoms with E-state index in [1.165, 1.54) is 12.1 Å². The van der Waals surface area contributed by atoms with Crippen LogP contribution in [-0.4, -0.2) is 35.3 Å². The molecule has 0 saturated carbocycles. The van der Waals surface area contributed by atoms with E-state index in [9.17, 15) is 14.4 Å². The summed E-state index contributed by atoms with van der Waals surface area (Å²) in [6, 6.07) is 2.09. The molecule has 0 spiro atoms. The number of nitrogens with one attached hydrogen (secondary N) is 3. The molecular formula is C10H14N4O4. The number of esters is 1. The van der Waals surface area contributed by atoms with E-state index in [2.05, 4.69) is 20.8 Å². The molecule has 0 fully saturated rings. The van der Waals surface area contributed by atoms with Crippen molar-refractivity contribution in [1.29, 1.82) is 0 Å². The van der Waals surface area contributed by atoms with Crippen LogP contribution >= 0.6 is 0 Å². The van der Waals surface area contributed by atoms with Gasteiger partial charge in [-0.1, -0.05) is 0 Å². The van der Waals surface area contributed by atoms with Crippen molar-refractivity contribution >= 4 is 17.8 Å². The van der Waals surface area contributed by atoms with Gasteiger partial charge < -0.3 is 10.1 Å². The highest BCUT2D eigenvalue weighted by molar-refractivity contribution is 5.88. The minimum atomic E-state index is -0.515. The minimum Gasteiger partial charge on any atom is -0.466 e. The third kappa shape index (κ3) is 5.10. The van der Waals surface area contributed by atoms with Crippen LogP contribution in [0.1, 0.15) is 13.3 Å². The Morgan fingerprint density at radius 1 is 1.44 bits per heavy atom. The molecule has 0 bridgehead atoms. The maximum atomic E-state index is 11.3. The quantitative estimate of drug-likeness (QED) is 0.632. The third-order valence-electron chi connectivity index (χ3n) is 1.84. The van der Waals surface area contributed by atoms with Crippen LogP contribution in [0.2, 0.25) is 0 Å². The first-order valence-corrected chi connectivity index (χ1v) is 5.38. The number of H-pyrrole nitrogens is 1. The predicted octanol–water partition coefficient (Wildman–Crippen LogP) is -0.155. The lowest BCUT2D eigenvalue weighted by Crippen LogP contribution is -2.31. The molecular weight excluding hydrogens is 240 g/mol. The van der Waals surface area contributed by atoms with Gasteiger partial charge in [0, 0.05) is 12.6 Å². The van der Waals surface area contributed by atoms with Crippen molar-refractivity contribution in [3.63, 3.8) is 0 Å². The van der Waals surface area contributed by atoms with Crippen molar-refractivity contribution in [3.05, 3.63) is 22.5 Å². The maximum absolute atomic E-state index is 11.3. The summed E-state index contributed by atoms with van der Waals surface area (Å²) in [6.45, 7) is 2.18. The molecule has 1 rings (SSSR count). The fraction of sp³-hybridized carbons (Fsp3) is 0.400. The van der Waals surface area contributed by atoms with E-state index in [4.69, 9.17) is 4.74 Å². The second-order valence-electron chi connectivity index (χ2n) is 3.24. The van der Waals surface area contributed by atoms with Crippen molar-refractivity contribution in [2.75, 3.05) is 18.5 Å². The van der Waals surface area contributed by atoms with Gasteiger partial charge in [-0.25, -0.2) is 9.89 Å². The largest absolute Gasteiger partial charge is 0.466 e. The predicted molar refractivity (Wildman–Crippen MR) is 63.1 cm³/mol. The second kappa shape index (κ2) is 7.05. The number of aromatic nitrogens is 2. The molecule has 1 aromatic heterocycles. The normalized spacial score (nSPS) is 9.61. The Morgan fingerprint density at radius 2 is 2.22 bits per heavy atom. The Kier molecular flexibility index (Phi) is 5.36. The van der Waals surface area contributed by atoms with E-state index in [0.29, 0.717) is 6.61 Å². The molecule has 98 valence electrons.